The molecule has 0 saturated heterocycles. The maximum Gasteiger partial charge on any atom is 0.138 e. The van der Waals surface area contributed by atoms with Crippen LogP contribution in [0, 0.1) is 0 Å². The Kier molecular flexibility index (Phi) is 5.69. The first-order valence-corrected chi connectivity index (χ1v) is 6.30. The number of halogens is 3. The summed E-state index contributed by atoms with van der Waals surface area (Å²) in [6, 6.07) is 3.49. The summed E-state index contributed by atoms with van der Waals surface area (Å²) in [5.41, 5.74) is 0.787. The summed E-state index contributed by atoms with van der Waals surface area (Å²) in [5, 5.41) is 12.9. The van der Waals surface area contributed by atoms with Crippen molar-refractivity contribution in [1.29, 1.82) is 0 Å². The summed E-state index contributed by atoms with van der Waals surface area (Å²) in [7, 11) is 1.55. The molecule has 6 heteroatoms. The molecule has 0 aliphatic heterocycles. The van der Waals surface area contributed by atoms with Crippen LogP contribution in [0.3, 0.4) is 0 Å². The Bertz CT molecular complexity index is 363. The normalized spacial score (nSPS) is 12.3. The lowest BCUT2D eigenvalue weighted by atomic mass is 10.3. The van der Waals surface area contributed by atoms with Gasteiger partial charge in [0.1, 0.15) is 5.75 Å². The number of rotatable bonds is 5. The van der Waals surface area contributed by atoms with Gasteiger partial charge in [-0.1, -0.05) is 11.6 Å². The van der Waals surface area contributed by atoms with Crippen molar-refractivity contribution in [3.63, 3.8) is 0 Å². The zero-order valence-corrected chi connectivity index (χ0v) is 11.7. The molecule has 0 fully saturated rings. The van der Waals surface area contributed by atoms with Crippen LogP contribution in [0.5, 0.6) is 5.75 Å². The zero-order chi connectivity index (χ0) is 12.1. The van der Waals surface area contributed by atoms with Crippen molar-refractivity contribution < 1.29 is 9.84 Å². The smallest absolute Gasteiger partial charge is 0.138 e. The number of methoxy groups -OCH3 is 1. The van der Waals surface area contributed by atoms with Crippen molar-refractivity contribution >= 4 is 44.8 Å². The van der Waals surface area contributed by atoms with E-state index in [-0.39, 0.29) is 5.88 Å². The van der Waals surface area contributed by atoms with E-state index < -0.39 is 6.10 Å². The molecule has 1 aromatic rings. The SMILES string of the molecule is COc1cc(Br)c(NCC(O)CCl)cc1Cl. The second kappa shape index (κ2) is 6.55. The third-order valence-corrected chi connectivity index (χ3v) is 3.26. The Morgan fingerprint density at radius 3 is 2.81 bits per heavy atom. The number of hydrogen-bond acceptors (Lipinski definition) is 3. The van der Waals surface area contributed by atoms with E-state index in [4.69, 9.17) is 27.9 Å². The number of aliphatic hydroxyl groups excluding tert-OH is 1. The van der Waals surface area contributed by atoms with Crippen LogP contribution in [0.4, 0.5) is 5.69 Å². The molecule has 1 atom stereocenters. The van der Waals surface area contributed by atoms with E-state index >= 15 is 0 Å². The molecule has 0 heterocycles. The summed E-state index contributed by atoms with van der Waals surface area (Å²) in [4.78, 5) is 0. The van der Waals surface area contributed by atoms with Gasteiger partial charge in [-0.05, 0) is 28.1 Å². The molecule has 0 radical (unpaired) electrons. The van der Waals surface area contributed by atoms with Crippen molar-refractivity contribution in [2.24, 2.45) is 0 Å². The first kappa shape index (κ1) is 13.9. The highest BCUT2D eigenvalue weighted by Crippen LogP contribution is 2.34. The van der Waals surface area contributed by atoms with Crippen LogP contribution in [-0.4, -0.2) is 30.7 Å². The molecule has 0 spiro atoms. The highest BCUT2D eigenvalue weighted by atomic mass is 79.9. The first-order chi connectivity index (χ1) is 7.58. The average Bonchev–Trinajstić information content (AvgIpc) is 2.29. The molecule has 0 amide bonds. The van der Waals surface area contributed by atoms with Gasteiger partial charge in [0.05, 0.1) is 29.8 Å². The van der Waals surface area contributed by atoms with Crippen LogP contribution < -0.4 is 10.1 Å². The van der Waals surface area contributed by atoms with Crippen LogP contribution in [0.15, 0.2) is 16.6 Å². The Balaban J connectivity index is 2.77. The molecule has 1 unspecified atom stereocenters. The molecule has 1 aromatic carbocycles. The van der Waals surface area contributed by atoms with E-state index in [9.17, 15) is 5.11 Å². The fraction of sp³-hybridized carbons (Fsp3) is 0.400. The maximum atomic E-state index is 9.31. The number of anilines is 1. The molecule has 1 rings (SSSR count). The molecule has 0 bridgehead atoms. The van der Waals surface area contributed by atoms with E-state index in [0.29, 0.717) is 17.3 Å². The molecule has 0 aliphatic rings. The molecule has 0 aliphatic carbocycles. The van der Waals surface area contributed by atoms with E-state index in [2.05, 4.69) is 21.2 Å². The van der Waals surface area contributed by atoms with Gasteiger partial charge in [0.25, 0.3) is 0 Å². The number of alkyl halides is 1. The van der Waals surface area contributed by atoms with Crippen molar-refractivity contribution in [3.8, 4) is 5.75 Å². The van der Waals surface area contributed by atoms with Crippen LogP contribution in [0.2, 0.25) is 5.02 Å². The lowest BCUT2D eigenvalue weighted by Crippen LogP contribution is -2.20. The van der Waals surface area contributed by atoms with Gasteiger partial charge in [-0.15, -0.1) is 11.6 Å². The van der Waals surface area contributed by atoms with Crippen molar-refractivity contribution in [2.45, 2.75) is 6.10 Å². The lowest BCUT2D eigenvalue weighted by Gasteiger charge is -2.13. The highest BCUT2D eigenvalue weighted by Gasteiger charge is 2.08. The van der Waals surface area contributed by atoms with Crippen molar-refractivity contribution in [3.05, 3.63) is 21.6 Å². The van der Waals surface area contributed by atoms with Gasteiger partial charge in [-0.2, -0.15) is 0 Å². The highest BCUT2D eigenvalue weighted by molar-refractivity contribution is 9.10. The number of aliphatic hydroxyl groups is 1. The van der Waals surface area contributed by atoms with Crippen LogP contribution in [0.25, 0.3) is 0 Å². The maximum absolute atomic E-state index is 9.31. The number of ether oxygens (including phenoxy) is 1. The van der Waals surface area contributed by atoms with Gasteiger partial charge in [-0.25, -0.2) is 0 Å². The number of nitrogens with one attached hydrogen (secondary N) is 1. The second-order valence-corrected chi connectivity index (χ2v) is 4.73. The Morgan fingerprint density at radius 2 is 2.25 bits per heavy atom. The zero-order valence-electron chi connectivity index (χ0n) is 8.64. The summed E-state index contributed by atoms with van der Waals surface area (Å²) in [6.45, 7) is 0.366. The fourth-order valence-electron chi connectivity index (χ4n) is 1.10. The Morgan fingerprint density at radius 1 is 1.56 bits per heavy atom. The molecule has 90 valence electrons. The topological polar surface area (TPSA) is 41.5 Å². The fourth-order valence-corrected chi connectivity index (χ4v) is 1.92. The molecule has 3 nitrogen and oxygen atoms in total. The molecule has 2 N–H and O–H groups in total. The van der Waals surface area contributed by atoms with Gasteiger partial charge in [-0.3, -0.25) is 0 Å². The van der Waals surface area contributed by atoms with Crippen LogP contribution >= 0.6 is 39.1 Å². The second-order valence-electron chi connectivity index (χ2n) is 3.16. The third-order valence-electron chi connectivity index (χ3n) is 1.95. The minimum Gasteiger partial charge on any atom is -0.495 e. The molecule has 0 aromatic heterocycles. The van der Waals surface area contributed by atoms with E-state index in [1.54, 1.807) is 19.2 Å². The predicted molar refractivity (Wildman–Crippen MR) is 70.9 cm³/mol. The van der Waals surface area contributed by atoms with Gasteiger partial charge in [0.2, 0.25) is 0 Å². The van der Waals surface area contributed by atoms with Gasteiger partial charge in [0, 0.05) is 11.0 Å². The summed E-state index contributed by atoms with van der Waals surface area (Å²) in [6.07, 6.45) is -0.588. The van der Waals surface area contributed by atoms with Crippen molar-refractivity contribution in [1.82, 2.24) is 0 Å². The predicted octanol–water partition coefficient (Wildman–Crippen LogP) is 3.12. The minimum atomic E-state index is -0.588. The van der Waals surface area contributed by atoms with Gasteiger partial charge >= 0.3 is 0 Å². The third kappa shape index (κ3) is 3.70. The summed E-state index contributed by atoms with van der Waals surface area (Å²) in [5.74, 6) is 0.783. The monoisotopic (exact) mass is 327 g/mol. The van der Waals surface area contributed by atoms with E-state index in [1.165, 1.54) is 0 Å². The Labute approximate surface area is 113 Å². The average molecular weight is 329 g/mol. The summed E-state index contributed by atoms with van der Waals surface area (Å²) >= 11 is 14.8. The van der Waals surface area contributed by atoms with E-state index in [1.807, 2.05) is 0 Å². The number of benzene rings is 1. The van der Waals surface area contributed by atoms with Gasteiger partial charge in [0.15, 0.2) is 0 Å². The van der Waals surface area contributed by atoms with Crippen LogP contribution in [-0.2, 0) is 0 Å². The molecule has 16 heavy (non-hydrogen) atoms. The Hall–Kier alpha value is -0.160. The van der Waals surface area contributed by atoms with E-state index in [0.717, 1.165) is 10.2 Å². The lowest BCUT2D eigenvalue weighted by molar-refractivity contribution is 0.211. The molecular formula is C10H12BrCl2NO2. The van der Waals surface area contributed by atoms with Crippen LogP contribution in [0.1, 0.15) is 0 Å². The first-order valence-electron chi connectivity index (χ1n) is 4.59. The minimum absolute atomic E-state index is 0.189. The molecule has 0 saturated carbocycles. The number of hydrogen-bond donors (Lipinski definition) is 2. The van der Waals surface area contributed by atoms with Gasteiger partial charge < -0.3 is 15.2 Å². The largest absolute Gasteiger partial charge is 0.495 e. The van der Waals surface area contributed by atoms with Crippen molar-refractivity contribution in [2.75, 3.05) is 24.9 Å². The standard InChI is InChI=1S/C10H12BrCl2NO2/c1-16-10-2-7(11)9(3-8(10)13)14-5-6(15)4-12/h2-3,6,14-15H,4-5H2,1H3. The summed E-state index contributed by atoms with van der Waals surface area (Å²) < 4.78 is 5.88. The quantitative estimate of drug-likeness (QED) is 0.816. The molecular weight excluding hydrogens is 317 g/mol.